The summed E-state index contributed by atoms with van der Waals surface area (Å²) >= 11 is 1.81. The Morgan fingerprint density at radius 2 is 1.88 bits per heavy atom. The number of benzene rings is 2. The van der Waals surface area contributed by atoms with Crippen LogP contribution in [-0.2, 0) is 22.4 Å². The van der Waals surface area contributed by atoms with Gasteiger partial charge in [0.2, 0.25) is 0 Å². The van der Waals surface area contributed by atoms with Crippen LogP contribution in [0.5, 0.6) is 5.75 Å². The van der Waals surface area contributed by atoms with Gasteiger partial charge in [-0.3, -0.25) is 0 Å². The first-order chi connectivity index (χ1) is 15.8. The van der Waals surface area contributed by atoms with Crippen molar-refractivity contribution in [1.82, 2.24) is 0 Å². The van der Waals surface area contributed by atoms with Gasteiger partial charge in [0.1, 0.15) is 5.75 Å². The number of ether oxygens (including phenoxy) is 2. The molecule has 33 heavy (non-hydrogen) atoms. The largest absolute Gasteiger partial charge is 0.493 e. The lowest BCUT2D eigenvalue weighted by Crippen LogP contribution is -2.28. The molecule has 0 saturated heterocycles. The predicted octanol–water partition coefficient (Wildman–Crippen LogP) is 8.00. The third-order valence-corrected chi connectivity index (χ3v) is 6.91. The van der Waals surface area contributed by atoms with Crippen LogP contribution in [0, 0.1) is 5.41 Å². The number of hydrogen-bond acceptors (Lipinski definition) is 4. The van der Waals surface area contributed by atoms with Gasteiger partial charge in [-0.25, -0.2) is 4.79 Å². The minimum absolute atomic E-state index is 0.289. The van der Waals surface area contributed by atoms with Gasteiger partial charge in [-0.05, 0) is 65.6 Å². The molecular weight excluding hydrogens is 428 g/mol. The first-order valence-electron chi connectivity index (χ1n) is 11.9. The lowest BCUT2D eigenvalue weighted by molar-refractivity contribution is -0.141. The molecule has 0 radical (unpaired) electrons. The Bertz CT molecular complexity index is 1090. The highest BCUT2D eigenvalue weighted by Crippen LogP contribution is 2.37. The van der Waals surface area contributed by atoms with Gasteiger partial charge in [-0.15, -0.1) is 11.3 Å². The summed E-state index contributed by atoms with van der Waals surface area (Å²) in [4.78, 5) is 12.6. The van der Waals surface area contributed by atoms with Crippen molar-refractivity contribution < 1.29 is 14.3 Å². The van der Waals surface area contributed by atoms with Crippen LogP contribution in [0.2, 0.25) is 0 Å². The van der Waals surface area contributed by atoms with E-state index in [-0.39, 0.29) is 12.0 Å². The van der Waals surface area contributed by atoms with Gasteiger partial charge in [0, 0.05) is 21.1 Å². The molecule has 0 unspecified atom stereocenters. The van der Waals surface area contributed by atoms with Gasteiger partial charge in [0.15, 0.2) is 0 Å². The molecule has 3 aromatic rings. The number of carbonyl (C=O) groups is 1. The van der Waals surface area contributed by atoms with Crippen molar-refractivity contribution in [3.05, 3.63) is 66.2 Å². The maximum atomic E-state index is 11.3. The van der Waals surface area contributed by atoms with Crippen molar-refractivity contribution in [2.24, 2.45) is 5.41 Å². The summed E-state index contributed by atoms with van der Waals surface area (Å²) in [5, 5.41) is 1.23. The van der Waals surface area contributed by atoms with E-state index in [1.807, 2.05) is 31.3 Å². The summed E-state index contributed by atoms with van der Waals surface area (Å²) in [5.41, 5.74) is 3.92. The quantitative estimate of drug-likeness (QED) is 0.155. The standard InChI is InChI=1S/C29H36O3S/c1-6-9-10-11-21-12-15-25(22(7-2)16-21)27-17-23-13-14-24(18-26(23)33-27)31-19-29(4,5)20-32-28(30)8-3/h8,12-18H,3,6-7,9-11,19-20H2,1-2,4-5H3. The number of hydrogen-bond donors (Lipinski definition) is 0. The second-order valence-electron chi connectivity index (χ2n) is 9.38. The van der Waals surface area contributed by atoms with Gasteiger partial charge in [0.05, 0.1) is 13.2 Å². The van der Waals surface area contributed by atoms with E-state index < -0.39 is 5.97 Å². The van der Waals surface area contributed by atoms with Crippen molar-refractivity contribution in [2.45, 2.75) is 59.8 Å². The Kier molecular flexibility index (Phi) is 8.74. The molecule has 176 valence electrons. The Hall–Kier alpha value is -2.59. The molecule has 0 aliphatic rings. The second-order valence-corrected chi connectivity index (χ2v) is 10.5. The van der Waals surface area contributed by atoms with Crippen LogP contribution in [-0.4, -0.2) is 19.2 Å². The van der Waals surface area contributed by atoms with Crippen LogP contribution in [0.1, 0.15) is 58.1 Å². The van der Waals surface area contributed by atoms with E-state index >= 15 is 0 Å². The van der Waals surface area contributed by atoms with Gasteiger partial charge in [-0.1, -0.05) is 65.3 Å². The summed E-state index contributed by atoms with van der Waals surface area (Å²) in [6, 6.07) is 15.5. The van der Waals surface area contributed by atoms with Crippen molar-refractivity contribution in [2.75, 3.05) is 13.2 Å². The van der Waals surface area contributed by atoms with E-state index in [4.69, 9.17) is 9.47 Å². The third kappa shape index (κ3) is 6.94. The molecule has 3 nitrogen and oxygen atoms in total. The van der Waals surface area contributed by atoms with Gasteiger partial charge < -0.3 is 9.47 Å². The zero-order chi connectivity index (χ0) is 23.8. The fraction of sp³-hybridized carbons (Fsp3) is 0.414. The Balaban J connectivity index is 1.73. The van der Waals surface area contributed by atoms with E-state index in [0.717, 1.165) is 18.6 Å². The molecule has 3 rings (SSSR count). The number of thiophene rings is 1. The summed E-state index contributed by atoms with van der Waals surface area (Å²) in [6.07, 6.45) is 7.19. The average Bonchev–Trinajstić information content (AvgIpc) is 3.24. The minimum Gasteiger partial charge on any atom is -0.493 e. The maximum Gasteiger partial charge on any atom is 0.330 e. The monoisotopic (exact) mass is 464 g/mol. The molecule has 0 amide bonds. The minimum atomic E-state index is -0.406. The van der Waals surface area contributed by atoms with Gasteiger partial charge >= 0.3 is 5.97 Å². The van der Waals surface area contributed by atoms with Crippen molar-refractivity contribution in [3.63, 3.8) is 0 Å². The summed E-state index contributed by atoms with van der Waals surface area (Å²) in [7, 11) is 0. The highest BCUT2D eigenvalue weighted by molar-refractivity contribution is 7.22. The number of fused-ring (bicyclic) bond motifs is 1. The third-order valence-electron chi connectivity index (χ3n) is 5.78. The Morgan fingerprint density at radius 1 is 1.06 bits per heavy atom. The molecule has 0 bridgehead atoms. The lowest BCUT2D eigenvalue weighted by Gasteiger charge is -2.24. The number of esters is 1. The fourth-order valence-electron chi connectivity index (χ4n) is 3.79. The predicted molar refractivity (Wildman–Crippen MR) is 140 cm³/mol. The molecule has 0 spiro atoms. The SMILES string of the molecule is C=CC(=O)OCC(C)(C)COc1ccc2cc(-c3ccc(CCCCC)cc3CC)sc2c1. The van der Waals surface area contributed by atoms with E-state index in [2.05, 4.69) is 56.8 Å². The molecule has 0 aliphatic carbocycles. The molecule has 0 saturated carbocycles. The molecule has 4 heteroatoms. The van der Waals surface area contributed by atoms with Gasteiger partial charge in [0.25, 0.3) is 0 Å². The zero-order valence-electron chi connectivity index (χ0n) is 20.4. The van der Waals surface area contributed by atoms with Crippen LogP contribution in [0.3, 0.4) is 0 Å². The summed E-state index contributed by atoms with van der Waals surface area (Å²) in [5.74, 6) is 0.428. The molecular formula is C29H36O3S. The van der Waals surface area contributed by atoms with Crippen molar-refractivity contribution >= 4 is 27.4 Å². The second kappa shape index (κ2) is 11.5. The first kappa shape index (κ1) is 25.0. The van der Waals surface area contributed by atoms with Crippen molar-refractivity contribution in [3.8, 4) is 16.2 Å². The van der Waals surface area contributed by atoms with Crippen molar-refractivity contribution in [1.29, 1.82) is 0 Å². The number of carbonyl (C=O) groups excluding carboxylic acids is 1. The van der Waals surface area contributed by atoms with E-state index in [0.29, 0.717) is 6.61 Å². The molecule has 0 aliphatic heterocycles. The number of unbranched alkanes of at least 4 members (excludes halogenated alkanes) is 2. The first-order valence-corrected chi connectivity index (χ1v) is 12.7. The van der Waals surface area contributed by atoms with E-state index in [1.54, 1.807) is 0 Å². The Labute approximate surface area is 202 Å². The lowest BCUT2D eigenvalue weighted by atomic mass is 9.96. The van der Waals surface area contributed by atoms with Crippen LogP contribution in [0.15, 0.2) is 55.1 Å². The molecule has 1 aromatic heterocycles. The zero-order valence-corrected chi connectivity index (χ0v) is 21.2. The number of rotatable bonds is 12. The highest BCUT2D eigenvalue weighted by atomic mass is 32.1. The van der Waals surface area contributed by atoms with Crippen LogP contribution >= 0.6 is 11.3 Å². The van der Waals surface area contributed by atoms with Crippen LogP contribution < -0.4 is 4.74 Å². The smallest absolute Gasteiger partial charge is 0.330 e. The molecule has 0 atom stereocenters. The average molecular weight is 465 g/mol. The molecule has 0 N–H and O–H groups in total. The van der Waals surface area contributed by atoms with E-state index in [1.165, 1.54) is 57.0 Å². The van der Waals surface area contributed by atoms with Crippen LogP contribution in [0.4, 0.5) is 0 Å². The molecule has 0 fully saturated rings. The summed E-state index contributed by atoms with van der Waals surface area (Å²) < 4.78 is 12.5. The molecule has 2 aromatic carbocycles. The van der Waals surface area contributed by atoms with Gasteiger partial charge in [-0.2, -0.15) is 0 Å². The fourth-order valence-corrected chi connectivity index (χ4v) is 4.95. The van der Waals surface area contributed by atoms with Crippen LogP contribution in [0.25, 0.3) is 20.5 Å². The highest BCUT2D eigenvalue weighted by Gasteiger charge is 2.21. The Morgan fingerprint density at radius 3 is 2.61 bits per heavy atom. The maximum absolute atomic E-state index is 11.3. The molecule has 1 heterocycles. The van der Waals surface area contributed by atoms with E-state index in [9.17, 15) is 4.79 Å². The normalized spacial score (nSPS) is 11.5. The topological polar surface area (TPSA) is 35.5 Å². The number of aryl methyl sites for hydroxylation is 2. The summed E-state index contributed by atoms with van der Waals surface area (Å²) in [6.45, 7) is 12.7.